The Hall–Kier alpha value is -3.84. The number of rotatable bonds is 5. The number of carboxylic acids is 1. The minimum atomic E-state index is -1.12. The molecule has 0 spiro atoms. The number of hydrogen-bond acceptors (Lipinski definition) is 5. The summed E-state index contributed by atoms with van der Waals surface area (Å²) in [6.07, 6.45) is 0.415. The van der Waals surface area contributed by atoms with E-state index in [0.717, 1.165) is 11.1 Å². The highest BCUT2D eigenvalue weighted by Crippen LogP contribution is 2.25. The maximum absolute atomic E-state index is 12.6. The molecule has 0 radical (unpaired) electrons. The number of carbonyl (C=O) groups is 2. The first-order valence-electron chi connectivity index (χ1n) is 8.96. The maximum Gasteiger partial charge on any atom is 0.335 e. The van der Waals surface area contributed by atoms with Crippen LogP contribution in [0.15, 0.2) is 76.8 Å². The fourth-order valence-electron chi connectivity index (χ4n) is 3.09. The van der Waals surface area contributed by atoms with Gasteiger partial charge in [0, 0.05) is 11.6 Å². The molecule has 2 aromatic carbocycles. The number of aromatic carboxylic acids is 1. The normalized spacial score (nSPS) is 17.6. The summed E-state index contributed by atoms with van der Waals surface area (Å²) in [6.45, 7) is 0.282. The number of amides is 1. The first-order valence-corrected chi connectivity index (χ1v) is 8.96. The van der Waals surface area contributed by atoms with E-state index in [0.29, 0.717) is 11.5 Å². The standard InChI is InChI=1S/C22H18N2O5/c25-20-18(23-22(28)24(20)13-14-4-2-1-3-5-14)12-17-10-11-19(29-17)15-6-8-16(9-7-15)21(26)27/h1-12,22-23,28H,13H2,(H,26,27)/b18-12-. The van der Waals surface area contributed by atoms with Crippen molar-refractivity contribution in [1.82, 2.24) is 10.2 Å². The van der Waals surface area contributed by atoms with Crippen molar-refractivity contribution in [3.8, 4) is 11.3 Å². The van der Waals surface area contributed by atoms with Gasteiger partial charge in [-0.05, 0) is 29.8 Å². The van der Waals surface area contributed by atoms with Crippen molar-refractivity contribution in [3.05, 3.63) is 89.3 Å². The molecule has 3 N–H and O–H groups in total. The molecule has 1 amide bonds. The summed E-state index contributed by atoms with van der Waals surface area (Å²) in [6, 6.07) is 19.2. The second-order valence-corrected chi connectivity index (χ2v) is 6.58. The lowest BCUT2D eigenvalue weighted by molar-refractivity contribution is -0.132. The molecule has 1 atom stereocenters. The van der Waals surface area contributed by atoms with Crippen LogP contribution in [0.25, 0.3) is 17.4 Å². The molecule has 1 aliphatic heterocycles. The van der Waals surface area contributed by atoms with E-state index in [9.17, 15) is 14.7 Å². The minimum Gasteiger partial charge on any atom is -0.478 e. The van der Waals surface area contributed by atoms with Crippen LogP contribution in [0.5, 0.6) is 0 Å². The molecule has 7 heteroatoms. The van der Waals surface area contributed by atoms with Crippen molar-refractivity contribution in [2.75, 3.05) is 0 Å². The van der Waals surface area contributed by atoms with Gasteiger partial charge in [-0.1, -0.05) is 42.5 Å². The molecule has 0 bridgehead atoms. The Bertz CT molecular complexity index is 1070. The number of nitrogens with one attached hydrogen (secondary N) is 1. The summed E-state index contributed by atoms with van der Waals surface area (Å²) in [5.41, 5.74) is 2.05. The predicted octanol–water partition coefficient (Wildman–Crippen LogP) is 2.89. The quantitative estimate of drug-likeness (QED) is 0.579. The number of aliphatic hydroxyl groups excluding tert-OH is 1. The van der Waals surface area contributed by atoms with E-state index in [-0.39, 0.29) is 23.7 Å². The van der Waals surface area contributed by atoms with Gasteiger partial charge < -0.3 is 19.9 Å². The zero-order valence-corrected chi connectivity index (χ0v) is 15.3. The van der Waals surface area contributed by atoms with Gasteiger partial charge in [-0.3, -0.25) is 9.69 Å². The fourth-order valence-corrected chi connectivity index (χ4v) is 3.09. The van der Waals surface area contributed by atoms with Crippen LogP contribution < -0.4 is 5.32 Å². The molecule has 1 aliphatic rings. The van der Waals surface area contributed by atoms with Crippen LogP contribution in [0, 0.1) is 0 Å². The van der Waals surface area contributed by atoms with Crippen LogP contribution in [-0.2, 0) is 11.3 Å². The molecule has 1 aromatic heterocycles. The Labute approximate surface area is 166 Å². The molecule has 0 aliphatic carbocycles. The highest BCUT2D eigenvalue weighted by atomic mass is 16.4. The Morgan fingerprint density at radius 3 is 2.48 bits per heavy atom. The number of benzene rings is 2. The van der Waals surface area contributed by atoms with Crippen LogP contribution in [0.2, 0.25) is 0 Å². The van der Waals surface area contributed by atoms with E-state index in [4.69, 9.17) is 9.52 Å². The zero-order valence-electron chi connectivity index (χ0n) is 15.3. The highest BCUT2D eigenvalue weighted by Gasteiger charge is 2.33. The smallest absolute Gasteiger partial charge is 0.335 e. The number of nitrogens with zero attached hydrogens (tertiary/aromatic N) is 1. The predicted molar refractivity (Wildman–Crippen MR) is 105 cm³/mol. The van der Waals surface area contributed by atoms with Gasteiger partial charge in [0.05, 0.1) is 12.1 Å². The first kappa shape index (κ1) is 18.5. The van der Waals surface area contributed by atoms with Crippen LogP contribution >= 0.6 is 0 Å². The van der Waals surface area contributed by atoms with Gasteiger partial charge in [-0.25, -0.2) is 4.79 Å². The van der Waals surface area contributed by atoms with E-state index in [1.807, 2.05) is 30.3 Å². The summed E-state index contributed by atoms with van der Waals surface area (Å²) < 4.78 is 5.75. The highest BCUT2D eigenvalue weighted by molar-refractivity contribution is 5.99. The van der Waals surface area contributed by atoms with Gasteiger partial charge in [0.2, 0.25) is 6.35 Å². The molecule has 0 saturated carbocycles. The van der Waals surface area contributed by atoms with E-state index < -0.39 is 12.3 Å². The number of hydrogen-bond donors (Lipinski definition) is 3. The average Bonchev–Trinajstić information content (AvgIpc) is 3.29. The number of carbonyl (C=O) groups excluding carboxylic acids is 1. The number of aliphatic hydroxyl groups is 1. The SMILES string of the molecule is O=C(O)c1ccc(-c2ccc(/C=C3\NC(O)N(Cc4ccccc4)C3=O)o2)cc1. The van der Waals surface area contributed by atoms with Crippen molar-refractivity contribution in [3.63, 3.8) is 0 Å². The van der Waals surface area contributed by atoms with Crippen LogP contribution in [0.1, 0.15) is 21.7 Å². The summed E-state index contributed by atoms with van der Waals surface area (Å²) in [5.74, 6) is -0.344. The topological polar surface area (TPSA) is 103 Å². The van der Waals surface area contributed by atoms with Gasteiger partial charge in [0.15, 0.2) is 0 Å². The molecule has 29 heavy (non-hydrogen) atoms. The third-order valence-corrected chi connectivity index (χ3v) is 4.60. The zero-order chi connectivity index (χ0) is 20.4. The number of carboxylic acid groups (broad SMARTS) is 1. The van der Waals surface area contributed by atoms with Gasteiger partial charge in [-0.2, -0.15) is 0 Å². The third kappa shape index (κ3) is 3.90. The molecule has 2 heterocycles. The Morgan fingerprint density at radius 2 is 1.79 bits per heavy atom. The summed E-state index contributed by atoms with van der Waals surface area (Å²) >= 11 is 0. The summed E-state index contributed by atoms with van der Waals surface area (Å²) in [4.78, 5) is 24.9. The number of furan rings is 1. The van der Waals surface area contributed by atoms with Crippen molar-refractivity contribution in [2.24, 2.45) is 0 Å². The largest absolute Gasteiger partial charge is 0.478 e. The molecule has 1 fully saturated rings. The van der Waals surface area contributed by atoms with E-state index in [1.165, 1.54) is 23.1 Å². The van der Waals surface area contributed by atoms with E-state index in [1.54, 1.807) is 24.3 Å². The second-order valence-electron chi connectivity index (χ2n) is 6.58. The van der Waals surface area contributed by atoms with Crippen LogP contribution in [0.4, 0.5) is 0 Å². The van der Waals surface area contributed by atoms with Gasteiger partial charge >= 0.3 is 5.97 Å². The van der Waals surface area contributed by atoms with Crippen molar-refractivity contribution in [1.29, 1.82) is 0 Å². The molecular weight excluding hydrogens is 372 g/mol. The molecular formula is C22H18N2O5. The molecule has 146 valence electrons. The van der Waals surface area contributed by atoms with Crippen molar-refractivity contribution < 1.29 is 24.2 Å². The molecule has 7 nitrogen and oxygen atoms in total. The monoisotopic (exact) mass is 390 g/mol. The minimum absolute atomic E-state index is 0.191. The van der Waals surface area contributed by atoms with Crippen molar-refractivity contribution >= 4 is 18.0 Å². The lowest BCUT2D eigenvalue weighted by Crippen LogP contribution is -2.36. The van der Waals surface area contributed by atoms with E-state index >= 15 is 0 Å². The maximum atomic E-state index is 12.6. The van der Waals surface area contributed by atoms with Gasteiger partial charge in [-0.15, -0.1) is 0 Å². The lowest BCUT2D eigenvalue weighted by atomic mass is 10.1. The third-order valence-electron chi connectivity index (χ3n) is 4.60. The Balaban J connectivity index is 1.51. The summed E-state index contributed by atoms with van der Waals surface area (Å²) in [7, 11) is 0. The molecule has 3 aromatic rings. The Morgan fingerprint density at radius 1 is 1.07 bits per heavy atom. The van der Waals surface area contributed by atoms with E-state index in [2.05, 4.69) is 5.32 Å². The fraction of sp³-hybridized carbons (Fsp3) is 0.0909. The summed E-state index contributed by atoms with van der Waals surface area (Å²) in [5, 5.41) is 21.9. The van der Waals surface area contributed by atoms with Crippen LogP contribution in [-0.4, -0.2) is 33.3 Å². The van der Waals surface area contributed by atoms with Gasteiger partial charge in [0.1, 0.15) is 17.2 Å². The van der Waals surface area contributed by atoms with Crippen LogP contribution in [0.3, 0.4) is 0 Å². The van der Waals surface area contributed by atoms with Crippen molar-refractivity contribution in [2.45, 2.75) is 12.9 Å². The average molecular weight is 390 g/mol. The molecule has 1 unspecified atom stereocenters. The lowest BCUT2D eigenvalue weighted by Gasteiger charge is -2.18. The second kappa shape index (κ2) is 7.65. The molecule has 4 rings (SSSR count). The Kier molecular flexibility index (Phi) is 4.88. The first-order chi connectivity index (χ1) is 14.0. The van der Waals surface area contributed by atoms with Gasteiger partial charge in [0.25, 0.3) is 5.91 Å². The molecule has 1 saturated heterocycles.